The fourth-order valence-corrected chi connectivity index (χ4v) is 1.94. The predicted octanol–water partition coefficient (Wildman–Crippen LogP) is 0.546. The lowest BCUT2D eigenvalue weighted by Gasteiger charge is -2.14. The van der Waals surface area contributed by atoms with Crippen LogP contribution in [0.5, 0.6) is 0 Å². The van der Waals surface area contributed by atoms with Gasteiger partial charge in [-0.2, -0.15) is 0 Å². The molecule has 0 aliphatic carbocycles. The third kappa shape index (κ3) is 0.775. The summed E-state index contributed by atoms with van der Waals surface area (Å²) in [6.07, 6.45) is 4.39. The molecule has 2 nitrogen and oxygen atoms in total. The van der Waals surface area contributed by atoms with E-state index in [0.717, 1.165) is 6.42 Å². The van der Waals surface area contributed by atoms with Crippen molar-refractivity contribution in [3.63, 3.8) is 0 Å². The third-order valence-electron chi connectivity index (χ3n) is 2.47. The summed E-state index contributed by atoms with van der Waals surface area (Å²) in [5.41, 5.74) is 0. The first-order chi connectivity index (χ1) is 4.40. The minimum atomic E-state index is 0.321. The summed E-state index contributed by atoms with van der Waals surface area (Å²) in [7, 11) is 0. The summed E-state index contributed by atoms with van der Waals surface area (Å²) < 4.78 is 5.52. The Morgan fingerprint density at radius 2 is 2.33 bits per heavy atom. The van der Waals surface area contributed by atoms with Crippen LogP contribution in [0.4, 0.5) is 0 Å². The fourth-order valence-electron chi connectivity index (χ4n) is 1.94. The highest BCUT2D eigenvalue weighted by Crippen LogP contribution is 2.38. The first-order valence-electron chi connectivity index (χ1n) is 3.66. The van der Waals surface area contributed by atoms with E-state index in [2.05, 4.69) is 0 Å². The van der Waals surface area contributed by atoms with Crippen molar-refractivity contribution in [2.24, 2.45) is 5.92 Å². The molecule has 0 aromatic rings. The fraction of sp³-hybridized carbons (Fsp3) is 1.00. The molecule has 2 aliphatic heterocycles. The van der Waals surface area contributed by atoms with Crippen molar-refractivity contribution in [2.75, 3.05) is 6.61 Å². The summed E-state index contributed by atoms with van der Waals surface area (Å²) in [6.45, 7) is 0.321. The second-order valence-electron chi connectivity index (χ2n) is 3.05. The van der Waals surface area contributed by atoms with Crippen LogP contribution in [-0.2, 0) is 4.74 Å². The van der Waals surface area contributed by atoms with E-state index >= 15 is 0 Å². The second kappa shape index (κ2) is 1.96. The minimum absolute atomic E-state index is 0.321. The molecule has 2 rings (SSSR count). The van der Waals surface area contributed by atoms with Crippen molar-refractivity contribution in [3.05, 3.63) is 0 Å². The van der Waals surface area contributed by atoms with Gasteiger partial charge in [-0.15, -0.1) is 0 Å². The topological polar surface area (TPSA) is 29.5 Å². The second-order valence-corrected chi connectivity index (χ2v) is 3.05. The van der Waals surface area contributed by atoms with Crippen molar-refractivity contribution in [2.45, 2.75) is 31.5 Å². The maximum atomic E-state index is 8.81. The van der Waals surface area contributed by atoms with E-state index in [1.807, 2.05) is 0 Å². The van der Waals surface area contributed by atoms with Crippen molar-refractivity contribution in [3.8, 4) is 0 Å². The van der Waals surface area contributed by atoms with Gasteiger partial charge in [-0.1, -0.05) is 0 Å². The van der Waals surface area contributed by atoms with Gasteiger partial charge in [0.15, 0.2) is 0 Å². The van der Waals surface area contributed by atoms with Crippen LogP contribution in [0, 0.1) is 5.92 Å². The standard InChI is InChI=1S/C7H12O2/c8-4-5-3-6-1-2-7(5)9-6/h5-8H,1-4H2/t5?,6-,7+/m0/s1. The highest BCUT2D eigenvalue weighted by molar-refractivity contribution is 4.88. The normalized spacial score (nSPS) is 48.3. The Hall–Kier alpha value is -0.0800. The van der Waals surface area contributed by atoms with Gasteiger partial charge in [-0.25, -0.2) is 0 Å². The molecule has 3 atom stereocenters. The number of aliphatic hydroxyl groups is 1. The molecule has 0 aromatic heterocycles. The van der Waals surface area contributed by atoms with Gasteiger partial charge in [-0.3, -0.25) is 0 Å². The quantitative estimate of drug-likeness (QED) is 0.558. The first-order valence-corrected chi connectivity index (χ1v) is 3.66. The van der Waals surface area contributed by atoms with Gasteiger partial charge < -0.3 is 9.84 Å². The van der Waals surface area contributed by atoms with Gasteiger partial charge in [0, 0.05) is 12.5 Å². The lowest BCUT2D eigenvalue weighted by Crippen LogP contribution is -2.19. The summed E-state index contributed by atoms with van der Waals surface area (Å²) in [6, 6.07) is 0. The molecule has 9 heavy (non-hydrogen) atoms. The van der Waals surface area contributed by atoms with Crippen molar-refractivity contribution in [1.82, 2.24) is 0 Å². The minimum Gasteiger partial charge on any atom is -0.396 e. The van der Waals surface area contributed by atoms with Gasteiger partial charge in [0.2, 0.25) is 0 Å². The van der Waals surface area contributed by atoms with Crippen LogP contribution in [0.25, 0.3) is 0 Å². The molecule has 2 aliphatic rings. The molecule has 0 aromatic carbocycles. The highest BCUT2D eigenvalue weighted by Gasteiger charge is 2.39. The molecule has 2 heteroatoms. The van der Waals surface area contributed by atoms with Crippen LogP contribution < -0.4 is 0 Å². The van der Waals surface area contributed by atoms with E-state index in [-0.39, 0.29) is 0 Å². The molecule has 2 heterocycles. The Kier molecular flexibility index (Phi) is 1.24. The SMILES string of the molecule is OCC1C[C@@H]2CC[C@H]1O2. The van der Waals surface area contributed by atoms with Gasteiger partial charge in [-0.05, 0) is 19.3 Å². The average Bonchev–Trinajstić information content (AvgIpc) is 2.45. The Bertz CT molecular complexity index is 113. The number of ether oxygens (including phenoxy) is 1. The van der Waals surface area contributed by atoms with Crippen LogP contribution in [0.15, 0.2) is 0 Å². The molecule has 0 radical (unpaired) electrons. The van der Waals surface area contributed by atoms with Gasteiger partial charge >= 0.3 is 0 Å². The van der Waals surface area contributed by atoms with E-state index in [1.54, 1.807) is 0 Å². The van der Waals surface area contributed by atoms with E-state index < -0.39 is 0 Å². The Labute approximate surface area is 54.8 Å². The molecule has 0 spiro atoms. The van der Waals surface area contributed by atoms with Crippen molar-refractivity contribution < 1.29 is 9.84 Å². The van der Waals surface area contributed by atoms with Gasteiger partial charge in [0.05, 0.1) is 12.2 Å². The maximum Gasteiger partial charge on any atom is 0.0630 e. The molecular formula is C7H12O2. The van der Waals surface area contributed by atoms with Crippen LogP contribution >= 0.6 is 0 Å². The Morgan fingerprint density at radius 1 is 1.44 bits per heavy atom. The maximum absolute atomic E-state index is 8.81. The van der Waals surface area contributed by atoms with Crippen LogP contribution in [0.2, 0.25) is 0 Å². The Morgan fingerprint density at radius 3 is 2.67 bits per heavy atom. The molecular weight excluding hydrogens is 116 g/mol. The number of fused-ring (bicyclic) bond motifs is 2. The molecule has 52 valence electrons. The van der Waals surface area contributed by atoms with Gasteiger partial charge in [0.25, 0.3) is 0 Å². The summed E-state index contributed by atoms with van der Waals surface area (Å²) in [5.74, 6) is 0.462. The van der Waals surface area contributed by atoms with E-state index in [4.69, 9.17) is 9.84 Å². The zero-order valence-corrected chi connectivity index (χ0v) is 5.42. The van der Waals surface area contributed by atoms with E-state index in [9.17, 15) is 0 Å². The zero-order valence-electron chi connectivity index (χ0n) is 5.42. The van der Waals surface area contributed by atoms with Crippen molar-refractivity contribution >= 4 is 0 Å². The average molecular weight is 128 g/mol. The summed E-state index contributed by atoms with van der Waals surface area (Å²) in [4.78, 5) is 0. The molecule has 2 bridgehead atoms. The van der Waals surface area contributed by atoms with Crippen LogP contribution in [0.3, 0.4) is 0 Å². The molecule has 1 N–H and O–H groups in total. The summed E-state index contributed by atoms with van der Waals surface area (Å²) in [5, 5.41) is 8.81. The predicted molar refractivity (Wildman–Crippen MR) is 33.1 cm³/mol. The number of hydrogen-bond donors (Lipinski definition) is 1. The zero-order chi connectivity index (χ0) is 6.27. The smallest absolute Gasteiger partial charge is 0.0630 e. The lowest BCUT2D eigenvalue weighted by atomic mass is 9.90. The monoisotopic (exact) mass is 128 g/mol. The third-order valence-corrected chi connectivity index (χ3v) is 2.47. The Balaban J connectivity index is 2.01. The van der Waals surface area contributed by atoms with E-state index in [0.29, 0.717) is 24.7 Å². The molecule has 0 amide bonds. The van der Waals surface area contributed by atoms with Crippen LogP contribution in [-0.4, -0.2) is 23.9 Å². The lowest BCUT2D eigenvalue weighted by molar-refractivity contribution is 0.0795. The van der Waals surface area contributed by atoms with Gasteiger partial charge in [0.1, 0.15) is 0 Å². The highest BCUT2D eigenvalue weighted by atomic mass is 16.5. The number of hydrogen-bond acceptors (Lipinski definition) is 2. The molecule has 2 fully saturated rings. The molecule has 2 saturated heterocycles. The largest absolute Gasteiger partial charge is 0.396 e. The molecule has 1 unspecified atom stereocenters. The first kappa shape index (κ1) is 5.69. The van der Waals surface area contributed by atoms with Crippen LogP contribution in [0.1, 0.15) is 19.3 Å². The summed E-state index contributed by atoms with van der Waals surface area (Å²) >= 11 is 0. The molecule has 0 saturated carbocycles. The number of aliphatic hydroxyl groups excluding tert-OH is 1. The van der Waals surface area contributed by atoms with E-state index in [1.165, 1.54) is 12.8 Å². The van der Waals surface area contributed by atoms with Crippen molar-refractivity contribution in [1.29, 1.82) is 0 Å². The number of rotatable bonds is 1.